The molecule has 0 saturated carbocycles. The summed E-state index contributed by atoms with van der Waals surface area (Å²) in [7, 11) is 0. The largest absolute Gasteiger partial charge is 0.314 e. The molecule has 8 aromatic carbocycles. The van der Waals surface area contributed by atoms with Crippen LogP contribution in [0.5, 0.6) is 0 Å². The van der Waals surface area contributed by atoms with Gasteiger partial charge in [-0.25, -0.2) is 0 Å². The molecule has 0 fully saturated rings. The van der Waals surface area contributed by atoms with Crippen LogP contribution in [0.4, 0.5) is 22.7 Å². The third kappa shape index (κ3) is 9.12. The first-order valence-corrected chi connectivity index (χ1v) is 22.9. The second-order valence-electron chi connectivity index (χ2n) is 16.8. The van der Waals surface area contributed by atoms with E-state index in [0.29, 0.717) is 0 Å². The molecular weight excluding hydrogens is 785 g/mol. The highest BCUT2D eigenvalue weighted by molar-refractivity contribution is 6.05. The van der Waals surface area contributed by atoms with E-state index in [1.807, 2.05) is 0 Å². The molecule has 0 heterocycles. The van der Waals surface area contributed by atoms with Gasteiger partial charge in [0.05, 0.1) is 0 Å². The van der Waals surface area contributed by atoms with Crippen LogP contribution in [0.3, 0.4) is 0 Å². The molecule has 0 unspecified atom stereocenters. The zero-order valence-corrected chi connectivity index (χ0v) is 36.9. The quantitative estimate of drug-likeness (QED) is 0.113. The van der Waals surface area contributed by atoms with Crippen molar-refractivity contribution in [3.05, 3.63) is 288 Å². The Bertz CT molecular complexity index is 3010. The number of hydrogen-bond donors (Lipinski definition) is 0. The van der Waals surface area contributed by atoms with Gasteiger partial charge in [-0.05, 0) is 149 Å². The summed E-state index contributed by atoms with van der Waals surface area (Å²) in [4.78, 5) is 4.74. The van der Waals surface area contributed by atoms with Gasteiger partial charge in [-0.15, -0.1) is 0 Å². The van der Waals surface area contributed by atoms with Crippen LogP contribution in [0.25, 0.3) is 33.4 Å². The molecule has 0 saturated heterocycles. The molecule has 65 heavy (non-hydrogen) atoms. The monoisotopic (exact) mass is 836 g/mol. The zero-order chi connectivity index (χ0) is 43.8. The van der Waals surface area contributed by atoms with Crippen molar-refractivity contribution in [1.29, 1.82) is 0 Å². The summed E-state index contributed by atoms with van der Waals surface area (Å²) in [6, 6.07) is 77.5. The van der Waals surface area contributed by atoms with Crippen molar-refractivity contribution in [2.45, 2.75) is 32.6 Å². The third-order valence-corrected chi connectivity index (χ3v) is 12.5. The Hall–Kier alpha value is -7.94. The number of allylic oxidation sites excluding steroid dienone is 7. The lowest BCUT2D eigenvalue weighted by Gasteiger charge is -2.29. The first-order chi connectivity index (χ1) is 32.2. The van der Waals surface area contributed by atoms with Gasteiger partial charge in [0.15, 0.2) is 0 Å². The normalized spacial score (nSPS) is 13.7. The third-order valence-electron chi connectivity index (χ3n) is 12.5. The molecule has 0 bridgehead atoms. The van der Waals surface area contributed by atoms with Gasteiger partial charge in [-0.1, -0.05) is 194 Å². The summed E-state index contributed by atoms with van der Waals surface area (Å²) in [6.07, 6.45) is 17.7. The Morgan fingerprint density at radius 3 is 1.25 bits per heavy atom. The number of benzene rings is 8. The molecule has 2 aliphatic rings. The smallest absolute Gasteiger partial charge is 0.0461 e. The Morgan fingerprint density at radius 2 is 0.785 bits per heavy atom. The number of para-hydroxylation sites is 2. The van der Waals surface area contributed by atoms with E-state index in [-0.39, 0.29) is 0 Å². The van der Waals surface area contributed by atoms with Crippen LogP contribution < -0.4 is 9.80 Å². The summed E-state index contributed by atoms with van der Waals surface area (Å²) in [5, 5.41) is 0. The van der Waals surface area contributed by atoms with Crippen molar-refractivity contribution in [2.75, 3.05) is 9.80 Å². The van der Waals surface area contributed by atoms with Gasteiger partial charge >= 0.3 is 0 Å². The van der Waals surface area contributed by atoms with E-state index in [1.54, 1.807) is 0 Å². The van der Waals surface area contributed by atoms with E-state index in [9.17, 15) is 0 Å². The van der Waals surface area contributed by atoms with E-state index in [0.717, 1.165) is 42.7 Å². The molecule has 0 atom stereocenters. The van der Waals surface area contributed by atoms with E-state index >= 15 is 0 Å². The maximum atomic E-state index is 2.39. The van der Waals surface area contributed by atoms with E-state index < -0.39 is 0 Å². The van der Waals surface area contributed by atoms with Crippen molar-refractivity contribution >= 4 is 33.9 Å². The summed E-state index contributed by atoms with van der Waals surface area (Å²) < 4.78 is 0. The molecule has 0 spiro atoms. The molecule has 0 aromatic heterocycles. The van der Waals surface area contributed by atoms with Crippen LogP contribution in [0.1, 0.15) is 53.5 Å². The van der Waals surface area contributed by atoms with Crippen molar-refractivity contribution in [3.63, 3.8) is 0 Å². The minimum Gasteiger partial charge on any atom is -0.314 e. The fourth-order valence-electron chi connectivity index (χ4n) is 9.12. The van der Waals surface area contributed by atoms with Crippen LogP contribution in [0.15, 0.2) is 260 Å². The van der Waals surface area contributed by atoms with Gasteiger partial charge in [0.2, 0.25) is 0 Å². The Labute approximate surface area is 384 Å². The molecule has 314 valence electrons. The summed E-state index contributed by atoms with van der Waals surface area (Å²) in [5.74, 6) is 0. The Balaban J connectivity index is 0.995. The molecule has 0 amide bonds. The van der Waals surface area contributed by atoms with Crippen LogP contribution >= 0.6 is 0 Å². The van der Waals surface area contributed by atoms with Gasteiger partial charge < -0.3 is 9.80 Å². The molecular formula is C63H52N2. The second kappa shape index (κ2) is 19.2. The minimum atomic E-state index is 1.01. The first-order valence-electron chi connectivity index (χ1n) is 22.9. The predicted molar refractivity (Wildman–Crippen MR) is 276 cm³/mol. The molecule has 0 N–H and O–H groups in total. The van der Waals surface area contributed by atoms with Crippen LogP contribution in [-0.4, -0.2) is 0 Å². The van der Waals surface area contributed by atoms with E-state index in [4.69, 9.17) is 0 Å². The van der Waals surface area contributed by atoms with Gasteiger partial charge in [-0.3, -0.25) is 0 Å². The molecule has 2 aliphatic carbocycles. The second-order valence-corrected chi connectivity index (χ2v) is 16.8. The number of hydrogen-bond acceptors (Lipinski definition) is 2. The molecule has 2 heteroatoms. The maximum absolute atomic E-state index is 2.39. The summed E-state index contributed by atoms with van der Waals surface area (Å²) in [6.45, 7) is 2.16. The van der Waals surface area contributed by atoms with Crippen molar-refractivity contribution in [1.82, 2.24) is 0 Å². The number of aryl methyl sites for hydroxylation is 1. The predicted octanol–water partition coefficient (Wildman–Crippen LogP) is 17.1. The lowest BCUT2D eigenvalue weighted by atomic mass is 9.84. The van der Waals surface area contributed by atoms with Crippen molar-refractivity contribution in [3.8, 4) is 22.3 Å². The topological polar surface area (TPSA) is 6.48 Å². The van der Waals surface area contributed by atoms with Gasteiger partial charge in [-0.2, -0.15) is 0 Å². The average molecular weight is 837 g/mol. The molecule has 10 rings (SSSR count). The standard InChI is InChI=1S/C63H52N2/c1-47-27-29-53(30-28-47)63(55-37-33-49(34-38-55)51-41-45-61(46-42-51)65(58-23-13-5-14-24-58)59-25-15-6-16-26-59)62(52-17-7-2-8-18-52)54-35-31-48(32-36-54)50-39-43-60(44-40-50)64(56-19-9-3-10-20-56)57-21-11-4-12-22-57/h2-5,7-11,13-15,17-21,23-46H,6,12,16,22H2,1H3/b63-62-. The minimum absolute atomic E-state index is 1.01. The van der Waals surface area contributed by atoms with Gasteiger partial charge in [0.25, 0.3) is 0 Å². The molecule has 2 nitrogen and oxygen atoms in total. The van der Waals surface area contributed by atoms with Crippen molar-refractivity contribution in [2.24, 2.45) is 0 Å². The summed E-state index contributed by atoms with van der Waals surface area (Å²) >= 11 is 0. The fourth-order valence-corrected chi connectivity index (χ4v) is 9.12. The average Bonchev–Trinajstić information content (AvgIpc) is 3.38. The van der Waals surface area contributed by atoms with Gasteiger partial charge in [0, 0.05) is 34.1 Å². The van der Waals surface area contributed by atoms with Crippen molar-refractivity contribution < 1.29 is 0 Å². The zero-order valence-electron chi connectivity index (χ0n) is 36.9. The highest BCUT2D eigenvalue weighted by Gasteiger charge is 2.19. The van der Waals surface area contributed by atoms with Crippen LogP contribution in [0.2, 0.25) is 0 Å². The lowest BCUT2D eigenvalue weighted by molar-refractivity contribution is 0.918. The first kappa shape index (κ1) is 41.1. The molecule has 0 radical (unpaired) electrons. The number of anilines is 4. The molecule has 0 aliphatic heterocycles. The Kier molecular flexibility index (Phi) is 12.1. The van der Waals surface area contributed by atoms with Gasteiger partial charge in [0.1, 0.15) is 0 Å². The molecule has 8 aromatic rings. The number of rotatable bonds is 12. The highest BCUT2D eigenvalue weighted by Crippen LogP contribution is 2.40. The van der Waals surface area contributed by atoms with Crippen LogP contribution in [0, 0.1) is 6.92 Å². The van der Waals surface area contributed by atoms with E-state index in [1.165, 1.54) is 78.3 Å². The fraction of sp³-hybridized carbons (Fsp3) is 0.0794. The van der Waals surface area contributed by atoms with E-state index in [2.05, 4.69) is 266 Å². The number of nitrogens with zero attached hydrogens (tertiary/aromatic N) is 2. The summed E-state index contributed by atoms with van der Waals surface area (Å²) in [5.41, 5.74) is 20.3. The highest BCUT2D eigenvalue weighted by atomic mass is 15.2. The maximum Gasteiger partial charge on any atom is 0.0461 e. The Morgan fingerprint density at radius 1 is 0.369 bits per heavy atom. The van der Waals surface area contributed by atoms with Crippen LogP contribution in [-0.2, 0) is 0 Å². The lowest BCUT2D eigenvalue weighted by Crippen LogP contribution is -2.17. The SMILES string of the molecule is Cc1ccc(/C(=C(\c2ccccc2)c2ccc(-c3ccc(N(C4=CC=CCC4)c4ccccc4)cc3)cc2)c2ccc(-c3ccc(N(C4=CCCC=C4)c4ccccc4)cc3)cc2)cc1.